The van der Waals surface area contributed by atoms with Crippen molar-refractivity contribution < 1.29 is 4.79 Å². The van der Waals surface area contributed by atoms with Crippen LogP contribution in [0.25, 0.3) is 0 Å². The van der Waals surface area contributed by atoms with Crippen molar-refractivity contribution in [1.82, 2.24) is 0 Å². The van der Waals surface area contributed by atoms with Gasteiger partial charge < -0.3 is 0 Å². The molecule has 4 rings (SSSR count). The first-order chi connectivity index (χ1) is 10.6. The van der Waals surface area contributed by atoms with Gasteiger partial charge in [-0.15, -0.1) is 5.92 Å². The van der Waals surface area contributed by atoms with E-state index in [1.165, 1.54) is 44.1 Å². The van der Waals surface area contributed by atoms with E-state index in [0.717, 1.165) is 36.5 Å². The van der Waals surface area contributed by atoms with Gasteiger partial charge in [-0.2, -0.15) is 0 Å². The van der Waals surface area contributed by atoms with Gasteiger partial charge in [-0.25, -0.2) is 0 Å². The van der Waals surface area contributed by atoms with Crippen LogP contribution in [0.1, 0.15) is 65.2 Å². The highest BCUT2D eigenvalue weighted by Crippen LogP contribution is 2.63. The summed E-state index contributed by atoms with van der Waals surface area (Å²) in [6.07, 6.45) is 11.9. The van der Waals surface area contributed by atoms with Crippen LogP contribution in [0.2, 0.25) is 0 Å². The van der Waals surface area contributed by atoms with Crippen LogP contribution in [0, 0.1) is 46.8 Å². The van der Waals surface area contributed by atoms with Crippen molar-refractivity contribution >= 4 is 5.78 Å². The Morgan fingerprint density at radius 2 is 1.95 bits per heavy atom. The average molecular weight is 296 g/mol. The zero-order valence-corrected chi connectivity index (χ0v) is 14.0. The molecule has 0 N–H and O–H groups in total. The summed E-state index contributed by atoms with van der Waals surface area (Å²) in [5.41, 5.74) is 1.97. The van der Waals surface area contributed by atoms with E-state index >= 15 is 0 Å². The first-order valence-electron chi connectivity index (χ1n) is 9.29. The standard InChI is InChI=1S/C21H28O/c1-3-4-15-6-10-20-19-8-5-14-13-16(22)7-9-17(14)18(19)11-12-21(15,20)2/h13,15,17-20H,5-12H2,1-2H3/t15?,17-,18?,19?,20?,21+/m0/s1. The molecule has 4 aliphatic carbocycles. The van der Waals surface area contributed by atoms with Gasteiger partial charge >= 0.3 is 0 Å². The lowest BCUT2D eigenvalue weighted by Gasteiger charge is -2.53. The molecule has 0 radical (unpaired) electrons. The summed E-state index contributed by atoms with van der Waals surface area (Å²) in [6.45, 7) is 4.53. The summed E-state index contributed by atoms with van der Waals surface area (Å²) < 4.78 is 0. The maximum atomic E-state index is 11.7. The topological polar surface area (TPSA) is 17.1 Å². The second-order valence-electron chi connectivity index (χ2n) is 8.37. The van der Waals surface area contributed by atoms with Gasteiger partial charge in [0.2, 0.25) is 0 Å². The summed E-state index contributed by atoms with van der Waals surface area (Å²) in [6, 6.07) is 0. The van der Waals surface area contributed by atoms with E-state index in [-0.39, 0.29) is 0 Å². The number of carbonyl (C=O) groups is 1. The van der Waals surface area contributed by atoms with E-state index in [1.807, 2.05) is 13.0 Å². The smallest absolute Gasteiger partial charge is 0.155 e. The third-order valence-electron chi connectivity index (χ3n) is 7.62. The van der Waals surface area contributed by atoms with Crippen LogP contribution in [0.4, 0.5) is 0 Å². The Morgan fingerprint density at radius 3 is 2.77 bits per heavy atom. The van der Waals surface area contributed by atoms with Crippen molar-refractivity contribution in [1.29, 1.82) is 0 Å². The molecule has 4 aliphatic rings. The Morgan fingerprint density at radius 1 is 1.09 bits per heavy atom. The molecule has 118 valence electrons. The second kappa shape index (κ2) is 5.26. The first-order valence-corrected chi connectivity index (χ1v) is 9.29. The summed E-state index contributed by atoms with van der Waals surface area (Å²) in [5, 5.41) is 0. The molecule has 6 atom stereocenters. The zero-order valence-electron chi connectivity index (χ0n) is 14.0. The summed E-state index contributed by atoms with van der Waals surface area (Å²) in [5.74, 6) is 11.1. The quantitative estimate of drug-likeness (QED) is 0.589. The van der Waals surface area contributed by atoms with Crippen molar-refractivity contribution in [2.45, 2.75) is 65.2 Å². The third-order valence-corrected chi connectivity index (χ3v) is 7.62. The minimum absolute atomic E-state index is 0.379. The predicted octanol–water partition coefficient (Wildman–Crippen LogP) is 4.77. The summed E-state index contributed by atoms with van der Waals surface area (Å²) in [4.78, 5) is 11.7. The molecule has 22 heavy (non-hydrogen) atoms. The molecule has 3 fully saturated rings. The number of carbonyl (C=O) groups excluding carboxylic acids is 1. The Labute approximate surface area is 134 Å². The lowest BCUT2D eigenvalue weighted by molar-refractivity contribution is -0.116. The number of hydrogen-bond acceptors (Lipinski definition) is 1. The van der Waals surface area contributed by atoms with Crippen LogP contribution in [-0.4, -0.2) is 5.78 Å². The molecule has 0 heterocycles. The van der Waals surface area contributed by atoms with Gasteiger partial charge in [-0.1, -0.05) is 18.4 Å². The molecule has 1 heteroatoms. The number of hydrogen-bond donors (Lipinski definition) is 0. The summed E-state index contributed by atoms with van der Waals surface area (Å²) in [7, 11) is 0. The minimum atomic E-state index is 0.379. The van der Waals surface area contributed by atoms with Gasteiger partial charge in [0.1, 0.15) is 0 Å². The van der Waals surface area contributed by atoms with E-state index in [9.17, 15) is 4.79 Å². The zero-order chi connectivity index (χ0) is 15.3. The highest BCUT2D eigenvalue weighted by molar-refractivity contribution is 5.91. The van der Waals surface area contributed by atoms with E-state index < -0.39 is 0 Å². The largest absolute Gasteiger partial charge is 0.295 e. The Kier molecular flexibility index (Phi) is 3.48. The highest BCUT2D eigenvalue weighted by Gasteiger charge is 2.55. The van der Waals surface area contributed by atoms with Crippen molar-refractivity contribution in [3.05, 3.63) is 11.6 Å². The molecule has 3 saturated carbocycles. The van der Waals surface area contributed by atoms with Crippen LogP contribution in [0.5, 0.6) is 0 Å². The van der Waals surface area contributed by atoms with E-state index in [1.54, 1.807) is 0 Å². The number of rotatable bonds is 0. The van der Waals surface area contributed by atoms with E-state index in [2.05, 4.69) is 18.8 Å². The van der Waals surface area contributed by atoms with E-state index in [0.29, 0.717) is 17.1 Å². The van der Waals surface area contributed by atoms with Crippen molar-refractivity contribution in [2.75, 3.05) is 0 Å². The van der Waals surface area contributed by atoms with Crippen LogP contribution in [0.3, 0.4) is 0 Å². The van der Waals surface area contributed by atoms with Crippen molar-refractivity contribution in [2.24, 2.45) is 35.0 Å². The van der Waals surface area contributed by atoms with E-state index in [4.69, 9.17) is 0 Å². The fraction of sp³-hybridized carbons (Fsp3) is 0.762. The lowest BCUT2D eigenvalue weighted by Crippen LogP contribution is -2.46. The average Bonchev–Trinajstić information content (AvgIpc) is 2.84. The first kappa shape index (κ1) is 14.6. The fourth-order valence-electron chi connectivity index (χ4n) is 6.59. The van der Waals surface area contributed by atoms with Gasteiger partial charge in [-0.3, -0.25) is 4.79 Å². The van der Waals surface area contributed by atoms with Crippen LogP contribution >= 0.6 is 0 Å². The molecule has 0 aromatic carbocycles. The van der Waals surface area contributed by atoms with Crippen LogP contribution < -0.4 is 0 Å². The number of ketones is 1. The maximum absolute atomic E-state index is 11.7. The molecule has 0 bridgehead atoms. The molecule has 0 aromatic heterocycles. The molecule has 0 aliphatic heterocycles. The van der Waals surface area contributed by atoms with Gasteiger partial charge in [0.05, 0.1) is 0 Å². The van der Waals surface area contributed by atoms with Crippen molar-refractivity contribution in [3.63, 3.8) is 0 Å². The molecular formula is C21H28O. The minimum Gasteiger partial charge on any atom is -0.295 e. The van der Waals surface area contributed by atoms with Gasteiger partial charge in [0.15, 0.2) is 5.78 Å². The van der Waals surface area contributed by atoms with Crippen LogP contribution in [-0.2, 0) is 4.79 Å². The lowest BCUT2D eigenvalue weighted by atomic mass is 9.51. The van der Waals surface area contributed by atoms with Gasteiger partial charge in [-0.05, 0) is 87.0 Å². The molecule has 1 nitrogen and oxygen atoms in total. The van der Waals surface area contributed by atoms with Crippen LogP contribution in [0.15, 0.2) is 11.6 Å². The van der Waals surface area contributed by atoms with Gasteiger partial charge in [0.25, 0.3) is 0 Å². The van der Waals surface area contributed by atoms with Crippen molar-refractivity contribution in [3.8, 4) is 11.8 Å². The number of allylic oxidation sites excluding steroid dienone is 1. The molecule has 0 amide bonds. The molecular weight excluding hydrogens is 268 g/mol. The third kappa shape index (κ3) is 2.03. The highest BCUT2D eigenvalue weighted by atomic mass is 16.1. The molecule has 0 aromatic rings. The fourth-order valence-corrected chi connectivity index (χ4v) is 6.59. The second-order valence-corrected chi connectivity index (χ2v) is 8.37. The Balaban J connectivity index is 1.61. The maximum Gasteiger partial charge on any atom is 0.155 e. The Hall–Kier alpha value is -1.03. The predicted molar refractivity (Wildman–Crippen MR) is 89.0 cm³/mol. The Bertz CT molecular complexity index is 574. The molecule has 4 unspecified atom stereocenters. The molecule has 0 spiro atoms. The SMILES string of the molecule is CC#CC1CCC2C3CCC4=CC(=O)CC[C@@H]4C3CC[C@]12C. The summed E-state index contributed by atoms with van der Waals surface area (Å²) >= 11 is 0. The molecule has 0 saturated heterocycles. The number of fused-ring (bicyclic) bond motifs is 5. The normalized spacial score (nSPS) is 46.7. The monoisotopic (exact) mass is 296 g/mol. The van der Waals surface area contributed by atoms with Gasteiger partial charge in [0, 0.05) is 12.3 Å².